The van der Waals surface area contributed by atoms with Crippen LogP contribution in [0, 0.1) is 0 Å². The van der Waals surface area contributed by atoms with Crippen molar-refractivity contribution in [1.29, 1.82) is 0 Å². The topological polar surface area (TPSA) is 74.3 Å². The van der Waals surface area contributed by atoms with Crippen molar-refractivity contribution in [2.24, 2.45) is 0 Å². The van der Waals surface area contributed by atoms with E-state index in [1.807, 2.05) is 6.92 Å². The molecule has 2 heterocycles. The van der Waals surface area contributed by atoms with Crippen LogP contribution in [0.5, 0.6) is 0 Å². The summed E-state index contributed by atoms with van der Waals surface area (Å²) in [6.07, 6.45) is 0.627. The van der Waals surface area contributed by atoms with Crippen LogP contribution in [0.25, 0.3) is 0 Å². The van der Waals surface area contributed by atoms with E-state index in [0.717, 1.165) is 0 Å². The summed E-state index contributed by atoms with van der Waals surface area (Å²) in [5, 5.41) is 5.81. The summed E-state index contributed by atoms with van der Waals surface area (Å²) in [5.41, 5.74) is 0.652. The Morgan fingerprint density at radius 3 is 2.90 bits per heavy atom. The van der Waals surface area contributed by atoms with Crippen LogP contribution in [-0.4, -0.2) is 41.3 Å². The molecule has 0 aliphatic carbocycles. The maximum Gasteiger partial charge on any atom is 0.243 e. The SMILES string of the molecule is CCC1C(=O)NC(=O)CN1Cc1nc(NC)ccc1Cl. The second-order valence-electron chi connectivity index (χ2n) is 4.62. The van der Waals surface area contributed by atoms with Crippen LogP contribution in [0.2, 0.25) is 5.02 Å². The Morgan fingerprint density at radius 1 is 1.50 bits per heavy atom. The molecule has 1 fully saturated rings. The predicted molar refractivity (Wildman–Crippen MR) is 76.4 cm³/mol. The highest BCUT2D eigenvalue weighted by Crippen LogP contribution is 2.20. The Bertz CT molecular complexity index is 535. The maximum atomic E-state index is 11.8. The first-order valence-corrected chi connectivity index (χ1v) is 6.83. The highest BCUT2D eigenvalue weighted by Gasteiger charge is 2.32. The summed E-state index contributed by atoms with van der Waals surface area (Å²) in [6, 6.07) is 3.20. The van der Waals surface area contributed by atoms with Crippen molar-refractivity contribution in [3.05, 3.63) is 22.8 Å². The molecule has 7 heteroatoms. The van der Waals surface area contributed by atoms with E-state index in [4.69, 9.17) is 11.6 Å². The minimum absolute atomic E-state index is 0.173. The minimum Gasteiger partial charge on any atom is -0.373 e. The molecule has 2 N–H and O–H groups in total. The average Bonchev–Trinajstić information content (AvgIpc) is 2.41. The van der Waals surface area contributed by atoms with E-state index in [0.29, 0.717) is 29.5 Å². The van der Waals surface area contributed by atoms with Crippen LogP contribution >= 0.6 is 11.6 Å². The molecule has 1 aliphatic heterocycles. The lowest BCUT2D eigenvalue weighted by Crippen LogP contribution is -2.57. The van der Waals surface area contributed by atoms with E-state index >= 15 is 0 Å². The maximum absolute atomic E-state index is 11.8. The molecule has 108 valence electrons. The highest BCUT2D eigenvalue weighted by molar-refractivity contribution is 6.31. The van der Waals surface area contributed by atoms with E-state index in [2.05, 4.69) is 15.6 Å². The molecule has 1 atom stereocenters. The van der Waals surface area contributed by atoms with Gasteiger partial charge in [0.25, 0.3) is 0 Å². The molecular weight excluding hydrogens is 280 g/mol. The Labute approximate surface area is 122 Å². The normalized spacial score (nSPS) is 19.9. The number of hydrogen-bond acceptors (Lipinski definition) is 5. The summed E-state index contributed by atoms with van der Waals surface area (Å²) in [4.78, 5) is 29.5. The van der Waals surface area contributed by atoms with Crippen LogP contribution in [-0.2, 0) is 16.1 Å². The van der Waals surface area contributed by atoms with Crippen LogP contribution in [0.15, 0.2) is 12.1 Å². The molecule has 0 radical (unpaired) electrons. The van der Waals surface area contributed by atoms with Crippen molar-refractivity contribution in [2.45, 2.75) is 25.9 Å². The van der Waals surface area contributed by atoms with Gasteiger partial charge in [0.15, 0.2) is 0 Å². The van der Waals surface area contributed by atoms with Gasteiger partial charge in [-0.1, -0.05) is 18.5 Å². The molecule has 20 heavy (non-hydrogen) atoms. The number of aromatic nitrogens is 1. The zero-order valence-electron chi connectivity index (χ0n) is 11.4. The number of nitrogens with zero attached hydrogens (tertiary/aromatic N) is 2. The van der Waals surface area contributed by atoms with Gasteiger partial charge in [-0.15, -0.1) is 0 Å². The molecule has 0 spiro atoms. The van der Waals surface area contributed by atoms with E-state index < -0.39 is 0 Å². The molecule has 1 aromatic rings. The van der Waals surface area contributed by atoms with E-state index in [1.165, 1.54) is 0 Å². The third-order valence-corrected chi connectivity index (χ3v) is 3.61. The van der Waals surface area contributed by atoms with Gasteiger partial charge < -0.3 is 5.32 Å². The lowest BCUT2D eigenvalue weighted by molar-refractivity contribution is -0.140. The van der Waals surface area contributed by atoms with E-state index in [9.17, 15) is 9.59 Å². The predicted octanol–water partition coefficient (Wildman–Crippen LogP) is 1.01. The number of piperazine rings is 1. The molecule has 1 aliphatic rings. The summed E-state index contributed by atoms with van der Waals surface area (Å²) < 4.78 is 0. The standard InChI is InChI=1S/C13H17ClN4O2/c1-3-10-13(20)17-12(19)7-18(10)6-9-8(14)4-5-11(15-2)16-9/h4-5,10H,3,6-7H2,1-2H3,(H,15,16)(H,17,19,20). The molecule has 1 unspecified atom stereocenters. The van der Waals surface area contributed by atoms with Gasteiger partial charge in [-0.25, -0.2) is 4.98 Å². The zero-order valence-corrected chi connectivity index (χ0v) is 12.2. The molecule has 2 rings (SSSR count). The number of carbonyl (C=O) groups excluding carboxylic acids is 2. The van der Waals surface area contributed by atoms with Crippen molar-refractivity contribution in [1.82, 2.24) is 15.2 Å². The van der Waals surface area contributed by atoms with Crippen LogP contribution in [0.3, 0.4) is 0 Å². The number of halogens is 1. The second kappa shape index (κ2) is 6.19. The van der Waals surface area contributed by atoms with Crippen LogP contribution in [0.4, 0.5) is 5.82 Å². The Balaban J connectivity index is 2.22. The Hall–Kier alpha value is -1.66. The number of nitrogens with one attached hydrogen (secondary N) is 2. The quantitative estimate of drug-likeness (QED) is 0.811. The van der Waals surface area contributed by atoms with Crippen molar-refractivity contribution in [3.63, 3.8) is 0 Å². The monoisotopic (exact) mass is 296 g/mol. The smallest absolute Gasteiger partial charge is 0.243 e. The summed E-state index contributed by atoms with van der Waals surface area (Å²) in [7, 11) is 1.77. The molecule has 0 bridgehead atoms. The minimum atomic E-state index is -0.330. The number of carbonyl (C=O) groups is 2. The summed E-state index contributed by atoms with van der Waals surface area (Å²) in [6.45, 7) is 2.45. The van der Waals surface area contributed by atoms with Gasteiger partial charge in [0, 0.05) is 13.6 Å². The molecule has 6 nitrogen and oxygen atoms in total. The number of anilines is 1. The lowest BCUT2D eigenvalue weighted by Gasteiger charge is -2.33. The fraction of sp³-hybridized carbons (Fsp3) is 0.462. The number of imide groups is 1. The Morgan fingerprint density at radius 2 is 2.25 bits per heavy atom. The first kappa shape index (κ1) is 14.7. The van der Waals surface area contributed by atoms with Gasteiger partial charge in [-0.05, 0) is 18.6 Å². The third-order valence-electron chi connectivity index (χ3n) is 3.27. The van der Waals surface area contributed by atoms with E-state index in [-0.39, 0.29) is 24.4 Å². The van der Waals surface area contributed by atoms with Crippen molar-refractivity contribution < 1.29 is 9.59 Å². The summed E-state index contributed by atoms with van der Waals surface area (Å²) in [5.74, 6) is 0.149. The average molecular weight is 297 g/mol. The van der Waals surface area contributed by atoms with Gasteiger partial charge in [-0.3, -0.25) is 19.8 Å². The van der Waals surface area contributed by atoms with Crippen molar-refractivity contribution in [3.8, 4) is 0 Å². The van der Waals surface area contributed by atoms with Gasteiger partial charge in [-0.2, -0.15) is 0 Å². The molecule has 1 aromatic heterocycles. The lowest BCUT2D eigenvalue weighted by atomic mass is 10.1. The fourth-order valence-electron chi connectivity index (χ4n) is 2.26. The van der Waals surface area contributed by atoms with E-state index in [1.54, 1.807) is 24.1 Å². The second-order valence-corrected chi connectivity index (χ2v) is 5.02. The molecule has 2 amide bonds. The van der Waals surface area contributed by atoms with Gasteiger partial charge in [0.2, 0.25) is 11.8 Å². The molecule has 0 aromatic carbocycles. The summed E-state index contributed by atoms with van der Waals surface area (Å²) >= 11 is 6.13. The van der Waals surface area contributed by atoms with Gasteiger partial charge in [0.1, 0.15) is 5.82 Å². The molecule has 1 saturated heterocycles. The van der Waals surface area contributed by atoms with Gasteiger partial charge in [0.05, 0.1) is 23.3 Å². The number of rotatable bonds is 4. The van der Waals surface area contributed by atoms with Crippen molar-refractivity contribution >= 4 is 29.2 Å². The number of pyridine rings is 1. The van der Waals surface area contributed by atoms with Crippen LogP contribution < -0.4 is 10.6 Å². The Kier molecular flexibility index (Phi) is 4.57. The number of amides is 2. The third kappa shape index (κ3) is 3.08. The van der Waals surface area contributed by atoms with Crippen LogP contribution in [0.1, 0.15) is 19.0 Å². The fourth-order valence-corrected chi connectivity index (χ4v) is 2.42. The molecular formula is C13H17ClN4O2. The first-order valence-electron chi connectivity index (χ1n) is 6.46. The highest BCUT2D eigenvalue weighted by atomic mass is 35.5. The number of hydrogen-bond donors (Lipinski definition) is 2. The molecule has 0 saturated carbocycles. The largest absolute Gasteiger partial charge is 0.373 e. The first-order chi connectivity index (χ1) is 9.55. The zero-order chi connectivity index (χ0) is 14.7. The van der Waals surface area contributed by atoms with Crippen molar-refractivity contribution in [2.75, 3.05) is 18.9 Å². The van der Waals surface area contributed by atoms with Gasteiger partial charge >= 0.3 is 0 Å².